The Balaban J connectivity index is 2.07. The Morgan fingerprint density at radius 3 is 2.70 bits per heavy atom. The topological polar surface area (TPSA) is 64.1 Å². The van der Waals surface area contributed by atoms with E-state index in [0.29, 0.717) is 42.8 Å². The van der Waals surface area contributed by atoms with Gasteiger partial charge in [0.15, 0.2) is 5.96 Å². The van der Waals surface area contributed by atoms with E-state index >= 15 is 0 Å². The van der Waals surface area contributed by atoms with Crippen molar-refractivity contribution >= 4 is 17.6 Å². The van der Waals surface area contributed by atoms with Gasteiger partial charge in [-0.25, -0.2) is 4.99 Å². The number of methoxy groups -OCH3 is 1. The van der Waals surface area contributed by atoms with E-state index in [-0.39, 0.29) is 17.9 Å². The second-order valence-corrected chi connectivity index (χ2v) is 6.62. The van der Waals surface area contributed by atoms with Gasteiger partial charge in [0.05, 0.1) is 12.1 Å². The number of halogens is 3. The fraction of sp³-hybridized carbons (Fsp3) is 0.611. The van der Waals surface area contributed by atoms with Crippen LogP contribution in [0.4, 0.5) is 8.78 Å². The molecule has 152 valence electrons. The lowest BCUT2D eigenvalue weighted by Gasteiger charge is -2.36. The predicted molar refractivity (Wildman–Crippen MR) is 101 cm³/mol. The molecular weight excluding hydrogens is 380 g/mol. The van der Waals surface area contributed by atoms with Crippen molar-refractivity contribution in [2.45, 2.75) is 38.5 Å². The number of hydrogen-bond donors (Lipinski definition) is 2. The normalized spacial score (nSPS) is 17.0. The quantitative estimate of drug-likeness (QED) is 0.513. The van der Waals surface area contributed by atoms with Crippen LogP contribution in [0.2, 0.25) is 5.02 Å². The first-order chi connectivity index (χ1) is 13.0. The minimum Gasteiger partial charge on any atom is -0.434 e. The molecule has 1 aliphatic heterocycles. The number of aliphatic imine (C=N–C) groups is 1. The van der Waals surface area contributed by atoms with Gasteiger partial charge in [0.1, 0.15) is 5.75 Å². The van der Waals surface area contributed by atoms with Crippen molar-refractivity contribution in [3.05, 3.63) is 28.8 Å². The molecule has 0 bridgehead atoms. The van der Waals surface area contributed by atoms with E-state index in [1.807, 2.05) is 6.92 Å². The summed E-state index contributed by atoms with van der Waals surface area (Å²) in [7, 11) is 1.69. The number of ether oxygens (including phenoxy) is 3. The molecule has 2 rings (SSSR count). The monoisotopic (exact) mass is 405 g/mol. The first-order valence-electron chi connectivity index (χ1n) is 8.86. The van der Waals surface area contributed by atoms with Crippen molar-refractivity contribution in [1.29, 1.82) is 0 Å². The summed E-state index contributed by atoms with van der Waals surface area (Å²) in [5.74, 6) is 0.621. The average Bonchev–Trinajstić information content (AvgIpc) is 2.66. The number of alkyl halides is 2. The average molecular weight is 406 g/mol. The van der Waals surface area contributed by atoms with Crippen LogP contribution in [0.25, 0.3) is 0 Å². The summed E-state index contributed by atoms with van der Waals surface area (Å²) >= 11 is 5.98. The SMILES string of the molecule is CCNC(=NCc1cc(Cl)ccc1OC(F)F)NCC1(OC)CCOCC1. The molecule has 1 aromatic carbocycles. The maximum Gasteiger partial charge on any atom is 0.387 e. The Labute approximate surface area is 163 Å². The van der Waals surface area contributed by atoms with Crippen LogP contribution in [0.1, 0.15) is 25.3 Å². The number of benzene rings is 1. The van der Waals surface area contributed by atoms with Crippen LogP contribution in [0.15, 0.2) is 23.2 Å². The van der Waals surface area contributed by atoms with Crippen molar-refractivity contribution in [2.75, 3.05) is 33.4 Å². The molecule has 0 aromatic heterocycles. The Morgan fingerprint density at radius 1 is 1.33 bits per heavy atom. The standard InChI is InChI=1S/C18H26ClF2N3O3/c1-3-22-17(24-12-18(25-2)6-8-26-9-7-18)23-11-13-10-14(19)4-5-15(13)27-16(20)21/h4-5,10,16H,3,6-9,11-12H2,1-2H3,(H2,22,23,24). The lowest BCUT2D eigenvalue weighted by Crippen LogP contribution is -2.50. The van der Waals surface area contributed by atoms with E-state index in [1.54, 1.807) is 13.2 Å². The summed E-state index contributed by atoms with van der Waals surface area (Å²) in [6.07, 6.45) is 1.58. The lowest BCUT2D eigenvalue weighted by molar-refractivity contribution is -0.0855. The summed E-state index contributed by atoms with van der Waals surface area (Å²) in [6.45, 7) is 1.71. The summed E-state index contributed by atoms with van der Waals surface area (Å²) in [6, 6.07) is 4.49. The van der Waals surface area contributed by atoms with Gasteiger partial charge in [0.25, 0.3) is 0 Å². The molecule has 0 aliphatic carbocycles. The molecule has 0 atom stereocenters. The summed E-state index contributed by atoms with van der Waals surface area (Å²) in [4.78, 5) is 4.47. The van der Waals surface area contributed by atoms with Crippen LogP contribution in [0.5, 0.6) is 5.75 Å². The van der Waals surface area contributed by atoms with Gasteiger partial charge < -0.3 is 24.8 Å². The number of hydrogen-bond acceptors (Lipinski definition) is 4. The van der Waals surface area contributed by atoms with Crippen molar-refractivity contribution in [2.24, 2.45) is 4.99 Å². The lowest BCUT2D eigenvalue weighted by atomic mass is 9.94. The molecule has 0 amide bonds. The van der Waals surface area contributed by atoms with E-state index in [0.717, 1.165) is 12.8 Å². The van der Waals surface area contributed by atoms with Crippen LogP contribution >= 0.6 is 11.6 Å². The van der Waals surface area contributed by atoms with Crippen LogP contribution in [0.3, 0.4) is 0 Å². The molecule has 0 radical (unpaired) electrons. The number of nitrogens with one attached hydrogen (secondary N) is 2. The summed E-state index contributed by atoms with van der Waals surface area (Å²) in [5.41, 5.74) is 0.168. The zero-order chi connectivity index (χ0) is 19.7. The Bertz CT molecular complexity index is 626. The largest absolute Gasteiger partial charge is 0.434 e. The highest BCUT2D eigenvalue weighted by molar-refractivity contribution is 6.30. The molecule has 27 heavy (non-hydrogen) atoms. The summed E-state index contributed by atoms with van der Waals surface area (Å²) < 4.78 is 40.8. The molecule has 0 saturated carbocycles. The molecule has 2 N–H and O–H groups in total. The zero-order valence-electron chi connectivity index (χ0n) is 15.6. The highest BCUT2D eigenvalue weighted by Gasteiger charge is 2.32. The maximum absolute atomic E-state index is 12.6. The van der Waals surface area contributed by atoms with Gasteiger partial charge in [-0.15, -0.1) is 0 Å². The van der Waals surface area contributed by atoms with Crippen molar-refractivity contribution in [1.82, 2.24) is 10.6 Å². The van der Waals surface area contributed by atoms with E-state index in [2.05, 4.69) is 20.4 Å². The molecule has 0 spiro atoms. The van der Waals surface area contributed by atoms with Crippen LogP contribution in [-0.4, -0.2) is 51.6 Å². The third-order valence-corrected chi connectivity index (χ3v) is 4.64. The van der Waals surface area contributed by atoms with Gasteiger partial charge in [-0.2, -0.15) is 8.78 Å². The fourth-order valence-electron chi connectivity index (χ4n) is 2.83. The molecule has 1 fully saturated rings. The van der Waals surface area contributed by atoms with Crippen molar-refractivity contribution in [3.63, 3.8) is 0 Å². The van der Waals surface area contributed by atoms with Gasteiger partial charge in [-0.1, -0.05) is 11.6 Å². The second kappa shape index (κ2) is 10.6. The highest BCUT2D eigenvalue weighted by Crippen LogP contribution is 2.26. The number of guanidine groups is 1. The van der Waals surface area contributed by atoms with Gasteiger partial charge in [-0.05, 0) is 25.1 Å². The Kier molecular flexibility index (Phi) is 8.53. The smallest absolute Gasteiger partial charge is 0.387 e. The van der Waals surface area contributed by atoms with Crippen LogP contribution < -0.4 is 15.4 Å². The third-order valence-electron chi connectivity index (χ3n) is 4.41. The van der Waals surface area contributed by atoms with Gasteiger partial charge in [0.2, 0.25) is 0 Å². The molecule has 6 nitrogen and oxygen atoms in total. The third kappa shape index (κ3) is 6.79. The van der Waals surface area contributed by atoms with Gasteiger partial charge in [0, 0.05) is 56.8 Å². The van der Waals surface area contributed by atoms with Crippen molar-refractivity contribution < 1.29 is 23.0 Å². The summed E-state index contributed by atoms with van der Waals surface area (Å²) in [5, 5.41) is 6.83. The minimum absolute atomic E-state index is 0.0618. The number of nitrogens with zero attached hydrogens (tertiary/aromatic N) is 1. The number of rotatable bonds is 8. The molecule has 1 saturated heterocycles. The van der Waals surface area contributed by atoms with E-state index in [9.17, 15) is 8.78 Å². The Hall–Kier alpha value is -1.64. The molecule has 0 unspecified atom stereocenters. The second-order valence-electron chi connectivity index (χ2n) is 6.18. The first kappa shape index (κ1) is 21.7. The predicted octanol–water partition coefficient (Wildman–Crippen LogP) is 3.19. The van der Waals surface area contributed by atoms with Gasteiger partial charge in [-0.3, -0.25) is 0 Å². The van der Waals surface area contributed by atoms with E-state index in [1.165, 1.54) is 12.1 Å². The molecule has 9 heteroatoms. The Morgan fingerprint density at radius 2 is 2.07 bits per heavy atom. The van der Waals surface area contributed by atoms with E-state index < -0.39 is 6.61 Å². The highest BCUT2D eigenvalue weighted by atomic mass is 35.5. The molecule has 1 aliphatic rings. The van der Waals surface area contributed by atoms with Gasteiger partial charge >= 0.3 is 6.61 Å². The van der Waals surface area contributed by atoms with Crippen LogP contribution in [0, 0.1) is 0 Å². The van der Waals surface area contributed by atoms with Crippen LogP contribution in [-0.2, 0) is 16.0 Å². The molecular formula is C18H26ClF2N3O3. The minimum atomic E-state index is -2.91. The fourth-order valence-corrected chi connectivity index (χ4v) is 3.02. The first-order valence-corrected chi connectivity index (χ1v) is 9.24. The zero-order valence-corrected chi connectivity index (χ0v) is 16.3. The molecule has 1 heterocycles. The molecule has 1 aromatic rings. The van der Waals surface area contributed by atoms with Crippen molar-refractivity contribution in [3.8, 4) is 5.75 Å². The maximum atomic E-state index is 12.6. The van der Waals surface area contributed by atoms with E-state index in [4.69, 9.17) is 21.1 Å².